The van der Waals surface area contributed by atoms with E-state index in [-0.39, 0.29) is 31.1 Å². The molecule has 6 nitrogen and oxygen atoms in total. The summed E-state index contributed by atoms with van der Waals surface area (Å²) in [6, 6.07) is 19.1. The molecule has 0 saturated carbocycles. The summed E-state index contributed by atoms with van der Waals surface area (Å²) in [5, 5.41) is 2.84. The molecule has 4 aromatic carbocycles. The van der Waals surface area contributed by atoms with E-state index in [0.717, 1.165) is 12.1 Å². The Morgan fingerprint density at radius 2 is 1.29 bits per heavy atom. The lowest BCUT2D eigenvalue weighted by atomic mass is 10.0. The van der Waals surface area contributed by atoms with Crippen LogP contribution in [0.1, 0.15) is 10.4 Å². The molecular weight excluding hydrogens is 495 g/mol. The quantitative estimate of drug-likeness (QED) is 0.261. The summed E-state index contributed by atoms with van der Waals surface area (Å²) in [6.07, 6.45) is 0. The van der Waals surface area contributed by atoms with Gasteiger partial charge in [0, 0.05) is 35.5 Å². The van der Waals surface area contributed by atoms with Crippen LogP contribution in [-0.2, 0) is 0 Å². The first-order chi connectivity index (χ1) is 18.4. The number of carbonyl (C=O) groups is 1. The highest BCUT2D eigenvalue weighted by Gasteiger charge is 2.16. The highest BCUT2D eigenvalue weighted by molar-refractivity contribution is 6.05. The summed E-state index contributed by atoms with van der Waals surface area (Å²) < 4.78 is 52.3. The molecule has 5 N–H and O–H groups in total. The molecule has 38 heavy (non-hydrogen) atoms. The molecule has 0 unspecified atom stereocenters. The average Bonchev–Trinajstić information content (AvgIpc) is 2.93. The van der Waals surface area contributed by atoms with Gasteiger partial charge in [-0.25, -0.2) is 13.2 Å². The van der Waals surface area contributed by atoms with Crippen molar-refractivity contribution in [2.75, 3.05) is 31.6 Å². The summed E-state index contributed by atoms with van der Waals surface area (Å²) in [5.74, 6) is -1.92. The number of anilines is 1. The molecule has 0 aliphatic heterocycles. The minimum Gasteiger partial charge on any atom is -0.492 e. The highest BCUT2D eigenvalue weighted by Crippen LogP contribution is 2.35. The van der Waals surface area contributed by atoms with E-state index in [9.17, 15) is 18.0 Å². The first kappa shape index (κ1) is 26.7. The smallest absolute Gasteiger partial charge is 0.255 e. The van der Waals surface area contributed by atoms with Crippen molar-refractivity contribution in [3.05, 3.63) is 102 Å². The van der Waals surface area contributed by atoms with Gasteiger partial charge in [-0.3, -0.25) is 4.79 Å². The summed E-state index contributed by atoms with van der Waals surface area (Å²) in [7, 11) is 0. The lowest BCUT2D eigenvalue weighted by Gasteiger charge is -2.15. The third kappa shape index (κ3) is 6.31. The lowest BCUT2D eigenvalue weighted by Crippen LogP contribution is -2.14. The van der Waals surface area contributed by atoms with Crippen LogP contribution in [-0.4, -0.2) is 32.2 Å². The van der Waals surface area contributed by atoms with Crippen LogP contribution >= 0.6 is 0 Å². The largest absolute Gasteiger partial charge is 0.492 e. The minimum atomic E-state index is -1.02. The zero-order chi connectivity index (χ0) is 27.1. The molecule has 0 fully saturated rings. The molecule has 9 heteroatoms. The maximum absolute atomic E-state index is 14.0. The van der Waals surface area contributed by atoms with Crippen LogP contribution in [0, 0.1) is 17.5 Å². The Labute approximate surface area is 218 Å². The van der Waals surface area contributed by atoms with Gasteiger partial charge in [0.1, 0.15) is 30.5 Å². The molecule has 0 aromatic heterocycles. The molecule has 0 aliphatic rings. The van der Waals surface area contributed by atoms with Crippen LogP contribution in [0.5, 0.6) is 11.5 Å². The van der Waals surface area contributed by atoms with Crippen molar-refractivity contribution in [1.82, 2.24) is 0 Å². The summed E-state index contributed by atoms with van der Waals surface area (Å²) >= 11 is 0. The highest BCUT2D eigenvalue weighted by atomic mass is 19.2. The van der Waals surface area contributed by atoms with Gasteiger partial charge in [-0.05, 0) is 71.8 Å². The number of benzene rings is 4. The van der Waals surface area contributed by atoms with Gasteiger partial charge in [0.05, 0.1) is 0 Å². The molecule has 4 aromatic rings. The molecular formula is C29H26F3N3O3. The fraction of sp³-hybridized carbons (Fsp3) is 0.138. The molecule has 1 amide bonds. The third-order valence-corrected chi connectivity index (χ3v) is 5.62. The molecule has 0 bridgehead atoms. The molecule has 0 heterocycles. The van der Waals surface area contributed by atoms with E-state index in [1.165, 1.54) is 24.3 Å². The predicted molar refractivity (Wildman–Crippen MR) is 141 cm³/mol. The molecule has 0 atom stereocenters. The number of amides is 1. The number of ether oxygens (including phenoxy) is 2. The molecule has 196 valence electrons. The summed E-state index contributed by atoms with van der Waals surface area (Å²) in [5.41, 5.74) is 13.9. The van der Waals surface area contributed by atoms with Crippen molar-refractivity contribution < 1.29 is 27.4 Å². The average molecular weight is 522 g/mol. The van der Waals surface area contributed by atoms with E-state index >= 15 is 0 Å². The van der Waals surface area contributed by atoms with Crippen molar-refractivity contribution in [3.8, 4) is 33.8 Å². The topological polar surface area (TPSA) is 99.6 Å². The maximum atomic E-state index is 14.0. The summed E-state index contributed by atoms with van der Waals surface area (Å²) in [6.45, 7) is 1.05. The van der Waals surface area contributed by atoms with E-state index < -0.39 is 17.5 Å². The standard InChI is InChI=1S/C29H26F3N3O3/c30-21-5-1-18(2-6-21)24-17-22(7-10-28(24)38-14-12-34)35-29(36)20-4-9-27(37-13-11-33)23(15-20)19-3-8-25(31)26(32)16-19/h1-10,15-17H,11-14,33-34H2,(H,35,36). The number of halogens is 3. The van der Waals surface area contributed by atoms with Crippen molar-refractivity contribution in [2.24, 2.45) is 11.5 Å². The van der Waals surface area contributed by atoms with Crippen LogP contribution in [0.15, 0.2) is 78.9 Å². The molecule has 4 rings (SSSR count). The Morgan fingerprint density at radius 1 is 0.684 bits per heavy atom. The number of hydrogen-bond acceptors (Lipinski definition) is 5. The van der Waals surface area contributed by atoms with E-state index in [0.29, 0.717) is 46.0 Å². The van der Waals surface area contributed by atoms with Crippen LogP contribution in [0.3, 0.4) is 0 Å². The van der Waals surface area contributed by atoms with Gasteiger partial charge in [-0.15, -0.1) is 0 Å². The van der Waals surface area contributed by atoms with Gasteiger partial charge in [-0.1, -0.05) is 18.2 Å². The summed E-state index contributed by atoms with van der Waals surface area (Å²) in [4.78, 5) is 13.2. The Balaban J connectivity index is 1.66. The Hall–Kier alpha value is -4.34. The first-order valence-electron chi connectivity index (χ1n) is 11.9. The predicted octanol–water partition coefficient (Wildman–Crippen LogP) is 5.37. The molecule has 0 saturated heterocycles. The van der Waals surface area contributed by atoms with Crippen LogP contribution in [0.4, 0.5) is 18.9 Å². The third-order valence-electron chi connectivity index (χ3n) is 5.62. The Kier molecular flexibility index (Phi) is 8.62. The lowest BCUT2D eigenvalue weighted by molar-refractivity contribution is 0.102. The van der Waals surface area contributed by atoms with Gasteiger partial charge in [-0.2, -0.15) is 0 Å². The second kappa shape index (κ2) is 12.3. The number of rotatable bonds is 10. The van der Waals surface area contributed by atoms with Crippen molar-refractivity contribution in [3.63, 3.8) is 0 Å². The van der Waals surface area contributed by atoms with Crippen molar-refractivity contribution >= 4 is 11.6 Å². The monoisotopic (exact) mass is 521 g/mol. The van der Waals surface area contributed by atoms with E-state index in [2.05, 4.69) is 5.32 Å². The number of nitrogens with one attached hydrogen (secondary N) is 1. The first-order valence-corrected chi connectivity index (χ1v) is 11.9. The van der Waals surface area contributed by atoms with Crippen LogP contribution < -0.4 is 26.3 Å². The van der Waals surface area contributed by atoms with E-state index in [1.54, 1.807) is 42.5 Å². The van der Waals surface area contributed by atoms with Gasteiger partial charge in [0.2, 0.25) is 0 Å². The number of carbonyl (C=O) groups excluding carboxylic acids is 1. The maximum Gasteiger partial charge on any atom is 0.255 e. The second-order valence-electron chi connectivity index (χ2n) is 8.29. The fourth-order valence-electron chi connectivity index (χ4n) is 3.82. The van der Waals surface area contributed by atoms with E-state index in [1.807, 2.05) is 0 Å². The van der Waals surface area contributed by atoms with Crippen LogP contribution in [0.25, 0.3) is 22.3 Å². The molecule has 0 spiro atoms. The molecule has 0 aliphatic carbocycles. The van der Waals surface area contributed by atoms with Gasteiger partial charge in [0.15, 0.2) is 11.6 Å². The number of hydrogen-bond donors (Lipinski definition) is 3. The van der Waals surface area contributed by atoms with Crippen molar-refractivity contribution in [2.45, 2.75) is 0 Å². The zero-order valence-electron chi connectivity index (χ0n) is 20.3. The number of nitrogens with two attached hydrogens (primary N) is 2. The van der Waals surface area contributed by atoms with E-state index in [4.69, 9.17) is 20.9 Å². The van der Waals surface area contributed by atoms with Crippen LogP contribution in [0.2, 0.25) is 0 Å². The van der Waals surface area contributed by atoms with Crippen molar-refractivity contribution in [1.29, 1.82) is 0 Å². The van der Waals surface area contributed by atoms with Gasteiger partial charge in [0.25, 0.3) is 5.91 Å². The minimum absolute atomic E-state index is 0.201. The van der Waals surface area contributed by atoms with Gasteiger partial charge >= 0.3 is 0 Å². The second-order valence-corrected chi connectivity index (χ2v) is 8.29. The SMILES string of the molecule is NCCOc1ccc(NC(=O)c2ccc(OCCN)c(-c3ccc(F)c(F)c3)c2)cc1-c1ccc(F)cc1. The van der Waals surface area contributed by atoms with Gasteiger partial charge < -0.3 is 26.3 Å². The Morgan fingerprint density at radius 3 is 1.92 bits per heavy atom. The molecule has 0 radical (unpaired) electrons. The normalized spacial score (nSPS) is 10.8. The Bertz CT molecular complexity index is 1430. The fourth-order valence-corrected chi connectivity index (χ4v) is 3.82. The zero-order valence-corrected chi connectivity index (χ0v) is 20.3.